The van der Waals surface area contributed by atoms with Crippen molar-refractivity contribution in [2.24, 2.45) is 5.92 Å². The maximum absolute atomic E-state index is 13.1. The fourth-order valence-electron chi connectivity index (χ4n) is 4.05. The molecular weight excluding hydrogens is 403 g/mol. The molecule has 7 nitrogen and oxygen atoms in total. The third-order valence-corrected chi connectivity index (χ3v) is 6.03. The van der Waals surface area contributed by atoms with Crippen molar-refractivity contribution in [1.29, 1.82) is 0 Å². The van der Waals surface area contributed by atoms with E-state index in [0.717, 1.165) is 12.1 Å². The van der Waals surface area contributed by atoms with Crippen LogP contribution in [0.1, 0.15) is 30.4 Å². The highest BCUT2D eigenvalue weighted by molar-refractivity contribution is 5.85. The van der Waals surface area contributed by atoms with Crippen LogP contribution in [0.5, 0.6) is 0 Å². The van der Waals surface area contributed by atoms with Crippen molar-refractivity contribution < 1.29 is 32.7 Å². The molecule has 3 amide bonds. The molecule has 3 atom stereocenters. The topological polar surface area (TPSA) is 81.2 Å². The summed E-state index contributed by atoms with van der Waals surface area (Å²) in [6, 6.07) is 3.58. The number of benzene rings is 1. The van der Waals surface area contributed by atoms with E-state index in [1.54, 1.807) is 14.0 Å². The van der Waals surface area contributed by atoms with E-state index in [2.05, 4.69) is 0 Å². The van der Waals surface area contributed by atoms with E-state index in [-0.39, 0.29) is 25.4 Å². The van der Waals surface area contributed by atoms with Crippen molar-refractivity contribution in [2.45, 2.75) is 31.5 Å². The van der Waals surface area contributed by atoms with Crippen LogP contribution >= 0.6 is 0 Å². The van der Waals surface area contributed by atoms with Crippen LogP contribution in [0.3, 0.4) is 0 Å². The van der Waals surface area contributed by atoms with Crippen molar-refractivity contribution in [3.05, 3.63) is 35.4 Å². The van der Waals surface area contributed by atoms with Gasteiger partial charge in [-0.25, -0.2) is 4.79 Å². The van der Waals surface area contributed by atoms with Gasteiger partial charge in [-0.05, 0) is 31.0 Å². The number of urea groups is 1. The number of carboxylic acids is 1. The summed E-state index contributed by atoms with van der Waals surface area (Å²) in [4.78, 5) is 41.2. The molecule has 1 aromatic carbocycles. The number of alkyl halides is 3. The maximum atomic E-state index is 13.1. The average molecular weight is 427 g/mol. The number of piperidine rings is 1. The smallest absolute Gasteiger partial charge is 0.416 e. The Morgan fingerprint density at radius 2 is 1.77 bits per heavy atom. The largest absolute Gasteiger partial charge is 0.481 e. The fraction of sp³-hybridized carbons (Fsp3) is 0.550. The van der Waals surface area contributed by atoms with E-state index in [9.17, 15) is 32.7 Å². The van der Waals surface area contributed by atoms with Crippen molar-refractivity contribution in [1.82, 2.24) is 14.7 Å². The summed E-state index contributed by atoms with van der Waals surface area (Å²) in [6.07, 6.45) is -4.24. The predicted octanol–water partition coefficient (Wildman–Crippen LogP) is 2.48. The molecule has 0 spiro atoms. The van der Waals surface area contributed by atoms with Crippen molar-refractivity contribution in [3.8, 4) is 0 Å². The lowest BCUT2D eigenvalue weighted by molar-refractivity contribution is -0.145. The Morgan fingerprint density at radius 3 is 2.30 bits per heavy atom. The van der Waals surface area contributed by atoms with Crippen LogP contribution in [0.25, 0.3) is 0 Å². The van der Waals surface area contributed by atoms with Crippen molar-refractivity contribution in [3.63, 3.8) is 0 Å². The van der Waals surface area contributed by atoms with Gasteiger partial charge in [0.15, 0.2) is 0 Å². The van der Waals surface area contributed by atoms with Crippen LogP contribution in [0.2, 0.25) is 0 Å². The number of rotatable bonds is 2. The zero-order valence-corrected chi connectivity index (χ0v) is 16.7. The number of piperazine rings is 1. The Balaban J connectivity index is 1.83. The molecule has 0 saturated carbocycles. The Hall–Kier alpha value is -2.78. The molecule has 10 heteroatoms. The Kier molecular flexibility index (Phi) is 5.96. The van der Waals surface area contributed by atoms with E-state index >= 15 is 0 Å². The Morgan fingerprint density at radius 1 is 1.13 bits per heavy atom. The number of aliphatic carboxylic acids is 1. The first kappa shape index (κ1) is 21.9. The summed E-state index contributed by atoms with van der Waals surface area (Å²) in [6.45, 7) is 2.47. The number of amides is 3. The van der Waals surface area contributed by atoms with Gasteiger partial charge >= 0.3 is 18.2 Å². The van der Waals surface area contributed by atoms with Gasteiger partial charge in [-0.1, -0.05) is 12.1 Å². The molecule has 3 unspecified atom stereocenters. The van der Waals surface area contributed by atoms with E-state index in [1.165, 1.54) is 26.8 Å². The third-order valence-electron chi connectivity index (χ3n) is 6.03. The minimum absolute atomic E-state index is 0.0821. The van der Waals surface area contributed by atoms with Crippen LogP contribution in [-0.4, -0.2) is 77.0 Å². The van der Waals surface area contributed by atoms with Gasteiger partial charge in [0.05, 0.1) is 11.5 Å². The first-order chi connectivity index (χ1) is 14.0. The number of likely N-dealkylation sites (tertiary alicyclic amines) is 1. The summed E-state index contributed by atoms with van der Waals surface area (Å²) in [5.41, 5.74) is -0.234. The third kappa shape index (κ3) is 4.36. The fourth-order valence-corrected chi connectivity index (χ4v) is 4.05. The van der Waals surface area contributed by atoms with Crippen LogP contribution in [0, 0.1) is 5.92 Å². The van der Waals surface area contributed by atoms with Crippen LogP contribution < -0.4 is 0 Å². The summed E-state index contributed by atoms with van der Waals surface area (Å²) in [7, 11) is 1.65. The normalized spacial score (nSPS) is 25.4. The number of carboxylic acid groups (broad SMARTS) is 1. The Labute approximate surface area is 172 Å². The number of carbonyl (C=O) groups is 3. The van der Waals surface area contributed by atoms with Gasteiger partial charge in [0.1, 0.15) is 6.54 Å². The highest BCUT2D eigenvalue weighted by Crippen LogP contribution is 2.36. The number of likely N-dealkylation sites (N-methyl/N-ethyl adjacent to an activating group) is 1. The maximum Gasteiger partial charge on any atom is 0.416 e. The van der Waals surface area contributed by atoms with Gasteiger partial charge in [-0.15, -0.1) is 0 Å². The second-order valence-corrected chi connectivity index (χ2v) is 7.91. The quantitative estimate of drug-likeness (QED) is 0.786. The number of hydrogen-bond donors (Lipinski definition) is 1. The summed E-state index contributed by atoms with van der Waals surface area (Å²) < 4.78 is 38.5. The van der Waals surface area contributed by atoms with Crippen molar-refractivity contribution in [2.75, 3.05) is 33.2 Å². The molecule has 164 valence electrons. The second kappa shape index (κ2) is 8.16. The number of halogens is 3. The number of carbonyl (C=O) groups excluding carboxylic acids is 2. The number of nitrogens with zero attached hydrogens (tertiary/aromatic N) is 3. The van der Waals surface area contributed by atoms with E-state index in [0.29, 0.717) is 18.7 Å². The monoisotopic (exact) mass is 427 g/mol. The zero-order chi connectivity index (χ0) is 22.2. The molecule has 2 heterocycles. The van der Waals surface area contributed by atoms with Crippen molar-refractivity contribution >= 4 is 17.9 Å². The van der Waals surface area contributed by atoms with Crippen LogP contribution in [-0.2, 0) is 15.8 Å². The molecule has 0 bridgehead atoms. The number of hydrogen-bond acceptors (Lipinski definition) is 3. The lowest BCUT2D eigenvalue weighted by atomic mass is 9.80. The molecule has 2 aliphatic rings. The van der Waals surface area contributed by atoms with Crippen LogP contribution in [0.4, 0.5) is 18.0 Å². The van der Waals surface area contributed by atoms with Gasteiger partial charge in [0.25, 0.3) is 0 Å². The second-order valence-electron chi connectivity index (χ2n) is 7.91. The summed E-state index contributed by atoms with van der Waals surface area (Å²) >= 11 is 0. The molecule has 1 N–H and O–H groups in total. The molecule has 1 aromatic rings. The molecule has 0 aromatic heterocycles. The van der Waals surface area contributed by atoms with Gasteiger partial charge < -0.3 is 19.8 Å². The first-order valence-corrected chi connectivity index (χ1v) is 9.68. The van der Waals surface area contributed by atoms with E-state index in [4.69, 9.17) is 0 Å². The lowest BCUT2D eigenvalue weighted by Gasteiger charge is -2.44. The molecule has 0 radical (unpaired) electrons. The zero-order valence-electron chi connectivity index (χ0n) is 16.7. The summed E-state index contributed by atoms with van der Waals surface area (Å²) in [5, 5.41) is 9.65. The van der Waals surface area contributed by atoms with Gasteiger partial charge in [-0.2, -0.15) is 13.2 Å². The molecular formula is C20H24F3N3O4. The van der Waals surface area contributed by atoms with E-state index < -0.39 is 41.6 Å². The summed E-state index contributed by atoms with van der Waals surface area (Å²) in [5.74, 6) is -2.55. The van der Waals surface area contributed by atoms with Gasteiger partial charge in [-0.3, -0.25) is 9.59 Å². The molecule has 3 rings (SSSR count). The van der Waals surface area contributed by atoms with Gasteiger partial charge in [0, 0.05) is 38.6 Å². The molecule has 2 saturated heterocycles. The van der Waals surface area contributed by atoms with E-state index in [1.807, 2.05) is 0 Å². The van der Waals surface area contributed by atoms with Gasteiger partial charge in [0.2, 0.25) is 5.91 Å². The molecule has 30 heavy (non-hydrogen) atoms. The molecule has 0 aliphatic carbocycles. The highest BCUT2D eigenvalue weighted by atomic mass is 19.4. The lowest BCUT2D eigenvalue weighted by Crippen LogP contribution is -2.59. The SMILES string of the molecule is CC1C(C(=O)O)CC(c2ccc(C(F)(F)F)cc2)CN1C(=O)N1CCN(C)C(=O)C1. The molecule has 2 fully saturated rings. The molecule has 2 aliphatic heterocycles. The highest BCUT2D eigenvalue weighted by Gasteiger charge is 2.42. The minimum atomic E-state index is -4.46. The first-order valence-electron chi connectivity index (χ1n) is 9.68. The van der Waals surface area contributed by atoms with Crippen LogP contribution in [0.15, 0.2) is 24.3 Å². The minimum Gasteiger partial charge on any atom is -0.481 e. The Bertz CT molecular complexity index is 828. The predicted molar refractivity (Wildman–Crippen MR) is 101 cm³/mol. The standard InChI is InChI=1S/C20H24F3N3O4/c1-12-16(18(28)29)9-14(13-3-5-15(6-4-13)20(21,22)23)10-26(12)19(30)25-8-7-24(2)17(27)11-25/h3-6,12,14,16H,7-11H2,1-2H3,(H,28,29). The average Bonchev–Trinajstić information content (AvgIpc) is 2.69.